The number of nitrogens with one attached hydrogen (secondary N) is 1. The van der Waals surface area contributed by atoms with E-state index < -0.39 is 15.8 Å². The standard InChI is InChI=1S/C10H17NO4S/c1-8(5-10(12)13)6-11-9-3-2-4-16(14,15)7-9/h5,9,11H,2-4,6-7H2,1H3,(H,12,13). The molecule has 0 bridgehead atoms. The smallest absolute Gasteiger partial charge is 0.328 e. The van der Waals surface area contributed by atoms with Crippen LogP contribution in [0.3, 0.4) is 0 Å². The molecule has 0 aliphatic carbocycles. The Bertz CT molecular complexity index is 386. The van der Waals surface area contributed by atoms with Crippen LogP contribution in [0.4, 0.5) is 0 Å². The van der Waals surface area contributed by atoms with Gasteiger partial charge in [-0.3, -0.25) is 0 Å². The maximum atomic E-state index is 11.3. The first kappa shape index (κ1) is 13.2. The summed E-state index contributed by atoms with van der Waals surface area (Å²) >= 11 is 0. The van der Waals surface area contributed by atoms with Crippen LogP contribution < -0.4 is 5.32 Å². The Morgan fingerprint density at radius 2 is 2.25 bits per heavy atom. The molecule has 0 spiro atoms. The zero-order valence-corrected chi connectivity index (χ0v) is 10.1. The highest BCUT2D eigenvalue weighted by Gasteiger charge is 2.23. The highest BCUT2D eigenvalue weighted by Crippen LogP contribution is 2.12. The van der Waals surface area contributed by atoms with E-state index in [1.54, 1.807) is 6.92 Å². The van der Waals surface area contributed by atoms with E-state index in [0.29, 0.717) is 18.5 Å². The van der Waals surface area contributed by atoms with Crippen LogP contribution in [0.5, 0.6) is 0 Å². The average molecular weight is 247 g/mol. The van der Waals surface area contributed by atoms with Crippen LogP contribution >= 0.6 is 0 Å². The average Bonchev–Trinajstić information content (AvgIpc) is 2.12. The number of sulfone groups is 1. The van der Waals surface area contributed by atoms with E-state index in [1.807, 2.05) is 0 Å². The number of hydrogen-bond acceptors (Lipinski definition) is 4. The molecule has 0 aromatic carbocycles. The second-order valence-electron chi connectivity index (χ2n) is 4.16. The lowest BCUT2D eigenvalue weighted by Crippen LogP contribution is -2.40. The number of carbonyl (C=O) groups is 1. The van der Waals surface area contributed by atoms with Crippen LogP contribution in [0.2, 0.25) is 0 Å². The molecule has 1 aliphatic heterocycles. The molecule has 1 heterocycles. The SMILES string of the molecule is CC(=CC(=O)O)CNC1CCCS(=O)(=O)C1. The van der Waals surface area contributed by atoms with Gasteiger partial charge in [0.05, 0.1) is 11.5 Å². The Morgan fingerprint density at radius 1 is 1.56 bits per heavy atom. The van der Waals surface area contributed by atoms with Crippen molar-refractivity contribution in [3.8, 4) is 0 Å². The predicted molar refractivity (Wildman–Crippen MR) is 61.1 cm³/mol. The summed E-state index contributed by atoms with van der Waals surface area (Å²) in [5.74, 6) is -0.543. The first-order valence-corrected chi connectivity index (χ1v) is 7.05. The van der Waals surface area contributed by atoms with E-state index in [9.17, 15) is 13.2 Å². The molecular formula is C10H17NO4S. The molecule has 1 aliphatic rings. The number of hydrogen-bond donors (Lipinski definition) is 2. The van der Waals surface area contributed by atoms with Gasteiger partial charge in [-0.2, -0.15) is 0 Å². The predicted octanol–water partition coefficient (Wildman–Crippen LogP) is 0.184. The summed E-state index contributed by atoms with van der Waals surface area (Å²) in [5, 5.41) is 11.6. The van der Waals surface area contributed by atoms with Crippen molar-refractivity contribution in [1.29, 1.82) is 0 Å². The summed E-state index contributed by atoms with van der Waals surface area (Å²) in [7, 11) is -2.90. The maximum absolute atomic E-state index is 11.3. The number of carboxylic acids is 1. The van der Waals surface area contributed by atoms with Crippen molar-refractivity contribution in [3.05, 3.63) is 11.6 Å². The molecule has 6 heteroatoms. The van der Waals surface area contributed by atoms with E-state index >= 15 is 0 Å². The minimum atomic E-state index is -2.90. The Labute approximate surface area is 95.5 Å². The third-order valence-corrected chi connectivity index (χ3v) is 4.32. The van der Waals surface area contributed by atoms with Gasteiger partial charge in [0.15, 0.2) is 9.84 Å². The second kappa shape index (κ2) is 5.45. The minimum Gasteiger partial charge on any atom is -0.478 e. The molecule has 0 aromatic heterocycles. The van der Waals surface area contributed by atoms with E-state index in [4.69, 9.17) is 5.11 Å². The summed E-state index contributed by atoms with van der Waals surface area (Å²) in [6, 6.07) is -0.0455. The van der Waals surface area contributed by atoms with Gasteiger partial charge in [-0.25, -0.2) is 13.2 Å². The zero-order chi connectivity index (χ0) is 12.2. The molecule has 0 radical (unpaired) electrons. The van der Waals surface area contributed by atoms with Crippen LogP contribution in [0.25, 0.3) is 0 Å². The van der Waals surface area contributed by atoms with Crippen LogP contribution in [0, 0.1) is 0 Å². The third kappa shape index (κ3) is 4.76. The topological polar surface area (TPSA) is 83.5 Å². The van der Waals surface area contributed by atoms with Crippen molar-refractivity contribution < 1.29 is 18.3 Å². The van der Waals surface area contributed by atoms with Crippen LogP contribution in [-0.2, 0) is 14.6 Å². The van der Waals surface area contributed by atoms with Gasteiger partial charge in [0.25, 0.3) is 0 Å². The summed E-state index contributed by atoms with van der Waals surface area (Å²) in [5.41, 5.74) is 0.690. The normalized spacial score (nSPS) is 25.3. The number of carboxylic acid groups (broad SMARTS) is 1. The zero-order valence-electron chi connectivity index (χ0n) is 9.27. The molecular weight excluding hydrogens is 230 g/mol. The summed E-state index contributed by atoms with van der Waals surface area (Å²) in [6.45, 7) is 2.13. The van der Waals surface area contributed by atoms with Gasteiger partial charge in [0.2, 0.25) is 0 Å². The Morgan fingerprint density at radius 3 is 2.81 bits per heavy atom. The van der Waals surface area contributed by atoms with E-state index in [1.165, 1.54) is 0 Å². The molecule has 16 heavy (non-hydrogen) atoms. The maximum Gasteiger partial charge on any atom is 0.328 e. The summed E-state index contributed by atoms with van der Waals surface area (Å²) < 4.78 is 22.7. The van der Waals surface area contributed by atoms with Crippen molar-refractivity contribution in [1.82, 2.24) is 5.32 Å². The fraction of sp³-hybridized carbons (Fsp3) is 0.700. The molecule has 1 rings (SSSR count). The van der Waals surface area contributed by atoms with Crippen LogP contribution in [-0.4, -0.2) is 43.6 Å². The van der Waals surface area contributed by atoms with Gasteiger partial charge in [0.1, 0.15) is 0 Å². The molecule has 0 saturated carbocycles. The van der Waals surface area contributed by atoms with Gasteiger partial charge < -0.3 is 10.4 Å². The van der Waals surface area contributed by atoms with Crippen molar-refractivity contribution in [3.63, 3.8) is 0 Å². The van der Waals surface area contributed by atoms with Gasteiger partial charge in [-0.05, 0) is 19.8 Å². The first-order valence-electron chi connectivity index (χ1n) is 5.23. The largest absolute Gasteiger partial charge is 0.478 e. The molecule has 0 amide bonds. The molecule has 1 unspecified atom stereocenters. The number of rotatable bonds is 4. The lowest BCUT2D eigenvalue weighted by molar-refractivity contribution is -0.131. The van der Waals surface area contributed by atoms with Crippen molar-refractivity contribution in [2.45, 2.75) is 25.8 Å². The van der Waals surface area contributed by atoms with Gasteiger partial charge in [0, 0.05) is 18.7 Å². The number of aliphatic carboxylic acids is 1. The highest BCUT2D eigenvalue weighted by molar-refractivity contribution is 7.91. The van der Waals surface area contributed by atoms with Crippen molar-refractivity contribution in [2.24, 2.45) is 0 Å². The van der Waals surface area contributed by atoms with Crippen molar-refractivity contribution >= 4 is 15.8 Å². The summed E-state index contributed by atoms with van der Waals surface area (Å²) in [6.07, 6.45) is 2.64. The van der Waals surface area contributed by atoms with E-state index in [-0.39, 0.29) is 17.5 Å². The molecule has 2 N–H and O–H groups in total. The monoisotopic (exact) mass is 247 g/mol. The Hall–Kier alpha value is -0.880. The summed E-state index contributed by atoms with van der Waals surface area (Å²) in [4.78, 5) is 10.4. The molecule has 1 saturated heterocycles. The van der Waals surface area contributed by atoms with Gasteiger partial charge in [-0.1, -0.05) is 5.57 Å². The van der Waals surface area contributed by atoms with Gasteiger partial charge in [-0.15, -0.1) is 0 Å². The lowest BCUT2D eigenvalue weighted by Gasteiger charge is -2.23. The molecule has 1 atom stereocenters. The first-order chi connectivity index (χ1) is 7.39. The van der Waals surface area contributed by atoms with Gasteiger partial charge >= 0.3 is 5.97 Å². The second-order valence-corrected chi connectivity index (χ2v) is 6.39. The highest BCUT2D eigenvalue weighted by atomic mass is 32.2. The fourth-order valence-corrected chi connectivity index (χ4v) is 3.42. The molecule has 0 aromatic rings. The van der Waals surface area contributed by atoms with E-state index in [0.717, 1.165) is 12.5 Å². The fourth-order valence-electron chi connectivity index (χ4n) is 1.75. The molecule has 92 valence electrons. The third-order valence-electron chi connectivity index (χ3n) is 2.50. The lowest BCUT2D eigenvalue weighted by atomic mass is 10.1. The Kier molecular flexibility index (Phi) is 4.49. The Balaban J connectivity index is 2.41. The van der Waals surface area contributed by atoms with Crippen LogP contribution in [0.1, 0.15) is 19.8 Å². The van der Waals surface area contributed by atoms with Crippen molar-refractivity contribution in [2.75, 3.05) is 18.1 Å². The quantitative estimate of drug-likeness (QED) is 0.693. The minimum absolute atomic E-state index is 0.0455. The molecule has 1 fully saturated rings. The van der Waals surface area contributed by atoms with Crippen LogP contribution in [0.15, 0.2) is 11.6 Å². The molecule has 5 nitrogen and oxygen atoms in total. The van der Waals surface area contributed by atoms with E-state index in [2.05, 4.69) is 5.32 Å².